The normalized spacial score (nSPS) is 22.1. The predicted octanol–water partition coefficient (Wildman–Crippen LogP) is 5.66. The van der Waals surface area contributed by atoms with E-state index in [9.17, 15) is 4.39 Å². The topological polar surface area (TPSA) is 78.6 Å². The molecule has 2 atom stereocenters. The first-order chi connectivity index (χ1) is 16.8. The summed E-state index contributed by atoms with van der Waals surface area (Å²) in [4.78, 5) is 18.9. The Labute approximate surface area is 202 Å². The molecule has 0 amide bonds. The molecule has 0 N–H and O–H groups in total. The van der Waals surface area contributed by atoms with Crippen LogP contribution < -0.4 is 0 Å². The number of hydrogen-bond donors (Lipinski definition) is 0. The maximum absolute atomic E-state index is 15.0. The van der Waals surface area contributed by atoms with Crippen molar-refractivity contribution in [3.8, 4) is 11.3 Å². The Kier molecular flexibility index (Phi) is 5.02. The number of rotatable bonds is 4. The van der Waals surface area contributed by atoms with Crippen molar-refractivity contribution in [3.63, 3.8) is 0 Å². The van der Waals surface area contributed by atoms with E-state index in [1.807, 2.05) is 20.0 Å². The molecule has 4 heterocycles. The van der Waals surface area contributed by atoms with Gasteiger partial charge in [0.1, 0.15) is 22.9 Å². The monoisotopic (exact) mass is 479 g/mol. The zero-order valence-corrected chi connectivity index (χ0v) is 19.7. The molecule has 0 bridgehead atoms. The molecule has 2 aliphatic rings. The summed E-state index contributed by atoms with van der Waals surface area (Å²) < 4.78 is 31.1. The van der Waals surface area contributed by atoms with Crippen LogP contribution in [0.4, 0.5) is 4.39 Å². The molecule has 7 nitrogen and oxygen atoms in total. The van der Waals surface area contributed by atoms with Gasteiger partial charge in [0, 0.05) is 34.9 Å². The summed E-state index contributed by atoms with van der Waals surface area (Å²) in [5, 5.41) is 4.72. The summed E-state index contributed by atoms with van der Waals surface area (Å²) in [6.45, 7) is 4.29. The fraction of sp³-hybridized carbons (Fsp3) is 0.400. The van der Waals surface area contributed by atoms with Crippen molar-refractivity contribution in [1.82, 2.24) is 29.7 Å². The number of fused-ring (bicyclic) bond motifs is 1. The average Bonchev–Trinajstić information content (AvgIpc) is 3.38. The third-order valence-corrected chi connectivity index (χ3v) is 6.80. The van der Waals surface area contributed by atoms with Gasteiger partial charge in [0.2, 0.25) is 0 Å². The van der Waals surface area contributed by atoms with Crippen LogP contribution in [0.15, 0.2) is 30.6 Å². The van der Waals surface area contributed by atoms with E-state index < -0.39 is 11.8 Å². The highest BCUT2D eigenvalue weighted by molar-refractivity contribution is 6.30. The van der Waals surface area contributed by atoms with Crippen LogP contribution in [0.25, 0.3) is 22.4 Å². The molecule has 0 spiro atoms. The van der Waals surface area contributed by atoms with Gasteiger partial charge >= 0.3 is 0 Å². The molecular weight excluding hydrogens is 455 g/mol. The van der Waals surface area contributed by atoms with Crippen LogP contribution >= 0.6 is 11.6 Å². The van der Waals surface area contributed by atoms with E-state index in [-0.39, 0.29) is 12.0 Å². The Morgan fingerprint density at radius 3 is 2.74 bits per heavy atom. The van der Waals surface area contributed by atoms with Crippen molar-refractivity contribution in [2.24, 2.45) is 0 Å². The first kappa shape index (κ1) is 20.4. The molecule has 34 heavy (non-hydrogen) atoms. The summed E-state index contributed by atoms with van der Waals surface area (Å²) in [7, 11) is 0. The second-order valence-corrected chi connectivity index (χ2v) is 9.42. The number of ether oxygens (including phenoxy) is 1. The number of aryl methyl sites for hydroxylation is 2. The number of nitrogens with zero attached hydrogens (tertiary/aromatic N) is 6. The van der Waals surface area contributed by atoms with Crippen molar-refractivity contribution in [1.29, 1.82) is 0 Å². The summed E-state index contributed by atoms with van der Waals surface area (Å²) in [5.41, 5.74) is 4.11. The Morgan fingerprint density at radius 2 is 1.94 bits per heavy atom. The molecule has 0 radical (unpaired) electrons. The highest BCUT2D eigenvalue weighted by Crippen LogP contribution is 2.40. The standard InChI is InChI=1S/C25H24ClFN6O/c1-13-14(2)30-25-23(29-13)22(19-6-3-17(26)10-20(19)27)31-24(32-25)15-7-8-34-21(9-15)16-11-28-33(12-16)18-4-5-18/h3,6,10-12,15,18,21H,4-5,7-9H2,1-2H3/i18D. The first-order valence-corrected chi connectivity index (χ1v) is 11.8. The largest absolute Gasteiger partial charge is 0.373 e. The van der Waals surface area contributed by atoms with E-state index in [2.05, 4.69) is 15.1 Å². The van der Waals surface area contributed by atoms with E-state index in [1.54, 1.807) is 23.0 Å². The molecule has 1 aliphatic heterocycles. The second-order valence-electron chi connectivity index (χ2n) is 8.99. The van der Waals surface area contributed by atoms with Gasteiger partial charge in [-0.05, 0) is 57.7 Å². The summed E-state index contributed by atoms with van der Waals surface area (Å²) >= 11 is 6.00. The van der Waals surface area contributed by atoms with Gasteiger partial charge in [0.25, 0.3) is 0 Å². The summed E-state index contributed by atoms with van der Waals surface area (Å²) in [6, 6.07) is 3.93. The molecule has 6 rings (SSSR count). The van der Waals surface area contributed by atoms with Crippen molar-refractivity contribution in [2.45, 2.75) is 57.6 Å². The van der Waals surface area contributed by atoms with Crippen LogP contribution in [-0.2, 0) is 4.74 Å². The van der Waals surface area contributed by atoms with Gasteiger partial charge in [-0.3, -0.25) is 4.68 Å². The number of benzene rings is 1. The summed E-state index contributed by atoms with van der Waals surface area (Å²) in [6.07, 6.45) is 6.55. The van der Waals surface area contributed by atoms with Gasteiger partial charge in [-0.15, -0.1) is 0 Å². The molecule has 174 valence electrons. The minimum atomic E-state index is -0.611. The zero-order valence-electron chi connectivity index (χ0n) is 19.9. The van der Waals surface area contributed by atoms with Crippen LogP contribution in [-0.4, -0.2) is 36.3 Å². The highest BCUT2D eigenvalue weighted by atomic mass is 35.5. The van der Waals surface area contributed by atoms with E-state index in [1.165, 1.54) is 6.07 Å². The van der Waals surface area contributed by atoms with Crippen molar-refractivity contribution in [2.75, 3.05) is 6.61 Å². The van der Waals surface area contributed by atoms with Gasteiger partial charge in [0.15, 0.2) is 5.65 Å². The van der Waals surface area contributed by atoms with Gasteiger partial charge in [-0.1, -0.05) is 11.6 Å². The predicted molar refractivity (Wildman–Crippen MR) is 126 cm³/mol. The van der Waals surface area contributed by atoms with Crippen LogP contribution in [0.1, 0.15) is 67.9 Å². The van der Waals surface area contributed by atoms with Crippen molar-refractivity contribution < 1.29 is 10.5 Å². The lowest BCUT2D eigenvalue weighted by atomic mass is 9.92. The molecule has 1 aliphatic carbocycles. The first-order valence-electron chi connectivity index (χ1n) is 12.0. The maximum Gasteiger partial charge on any atom is 0.182 e. The van der Waals surface area contributed by atoms with Crippen LogP contribution in [0.3, 0.4) is 0 Å². The lowest BCUT2D eigenvalue weighted by Crippen LogP contribution is -2.20. The zero-order chi connectivity index (χ0) is 24.3. The Morgan fingerprint density at radius 1 is 1.12 bits per heavy atom. The lowest BCUT2D eigenvalue weighted by molar-refractivity contribution is 0.00396. The highest BCUT2D eigenvalue weighted by Gasteiger charge is 2.31. The molecule has 2 unspecified atom stereocenters. The lowest BCUT2D eigenvalue weighted by Gasteiger charge is -2.28. The van der Waals surface area contributed by atoms with E-state index in [0.29, 0.717) is 46.3 Å². The fourth-order valence-electron chi connectivity index (χ4n) is 4.41. The van der Waals surface area contributed by atoms with Crippen molar-refractivity contribution in [3.05, 3.63) is 64.2 Å². The van der Waals surface area contributed by atoms with Crippen LogP contribution in [0, 0.1) is 19.7 Å². The number of hydrogen-bond acceptors (Lipinski definition) is 6. The van der Waals surface area contributed by atoms with E-state index in [4.69, 9.17) is 27.7 Å². The second kappa shape index (κ2) is 8.36. The van der Waals surface area contributed by atoms with E-state index >= 15 is 0 Å². The van der Waals surface area contributed by atoms with Gasteiger partial charge < -0.3 is 4.74 Å². The molecule has 4 aromatic rings. The maximum atomic E-state index is 15.0. The smallest absolute Gasteiger partial charge is 0.182 e. The Bertz CT molecular complexity index is 1460. The van der Waals surface area contributed by atoms with Crippen LogP contribution in [0.5, 0.6) is 0 Å². The van der Waals surface area contributed by atoms with Crippen molar-refractivity contribution >= 4 is 22.8 Å². The minimum Gasteiger partial charge on any atom is -0.373 e. The molecule has 1 saturated carbocycles. The van der Waals surface area contributed by atoms with Gasteiger partial charge in [-0.2, -0.15) is 5.10 Å². The molecule has 1 aromatic carbocycles. The van der Waals surface area contributed by atoms with Gasteiger partial charge in [0.05, 0.1) is 31.1 Å². The van der Waals surface area contributed by atoms with E-state index in [0.717, 1.165) is 36.2 Å². The Hall–Kier alpha value is -2.97. The molecule has 2 fully saturated rings. The minimum absolute atomic E-state index is 0.00935. The summed E-state index contributed by atoms with van der Waals surface area (Å²) in [5.74, 6) is 0.120. The number of aromatic nitrogens is 6. The Balaban J connectivity index is 1.40. The third-order valence-electron chi connectivity index (χ3n) is 6.57. The molecule has 1 saturated heterocycles. The average molecular weight is 480 g/mol. The van der Waals surface area contributed by atoms with Gasteiger partial charge in [-0.25, -0.2) is 24.3 Å². The SMILES string of the molecule is [2H]C1(n2cc(C3CC(c4nc(-c5ccc(Cl)cc5F)c5nc(C)c(C)nc5n4)CCO3)cn2)CC1. The molecular formula is C25H24ClFN6O. The quantitative estimate of drug-likeness (QED) is 0.375. The fourth-order valence-corrected chi connectivity index (χ4v) is 4.56. The molecule has 3 aromatic heterocycles. The third kappa shape index (κ3) is 3.95. The molecule has 9 heteroatoms. The number of halogens is 2. The van der Waals surface area contributed by atoms with Crippen LogP contribution in [0.2, 0.25) is 5.02 Å².